The van der Waals surface area contributed by atoms with Crippen LogP contribution >= 0.6 is 11.3 Å². The molecule has 0 aliphatic rings. The molecule has 51 heavy (non-hydrogen) atoms. The third kappa shape index (κ3) is 3.71. The largest absolute Gasteiger partial charge is 0.455 e. The van der Waals surface area contributed by atoms with Gasteiger partial charge in [-0.15, -0.1) is 11.3 Å². The van der Waals surface area contributed by atoms with E-state index in [4.69, 9.17) is 8.83 Å². The van der Waals surface area contributed by atoms with Gasteiger partial charge in [-0.25, -0.2) is 0 Å². The Morgan fingerprint density at radius 1 is 0.314 bits per heavy atom. The van der Waals surface area contributed by atoms with Crippen LogP contribution in [-0.4, -0.2) is 0 Å². The molecule has 0 aliphatic heterocycles. The van der Waals surface area contributed by atoms with Crippen LogP contribution in [0.15, 0.2) is 167 Å². The van der Waals surface area contributed by atoms with Crippen molar-refractivity contribution in [1.29, 1.82) is 0 Å². The predicted molar refractivity (Wildman–Crippen MR) is 217 cm³/mol. The molecule has 2 nitrogen and oxygen atoms in total. The van der Waals surface area contributed by atoms with Crippen LogP contribution in [-0.2, 0) is 0 Å². The fourth-order valence-corrected chi connectivity index (χ4v) is 9.83. The summed E-state index contributed by atoms with van der Waals surface area (Å²) in [5, 5.41) is 14.1. The molecule has 236 valence electrons. The fraction of sp³-hybridized carbons (Fsp3) is 0. The van der Waals surface area contributed by atoms with Crippen molar-refractivity contribution in [2.45, 2.75) is 0 Å². The number of hydrogen-bond acceptors (Lipinski definition) is 3. The normalized spacial score (nSPS) is 12.3. The highest BCUT2D eigenvalue weighted by Gasteiger charge is 2.22. The lowest BCUT2D eigenvalue weighted by molar-refractivity contribution is 0.668. The van der Waals surface area contributed by atoms with Crippen molar-refractivity contribution in [1.82, 2.24) is 0 Å². The quantitative estimate of drug-likeness (QED) is 0.172. The lowest BCUT2D eigenvalue weighted by Crippen LogP contribution is -1.90. The van der Waals surface area contributed by atoms with Crippen LogP contribution in [0.3, 0.4) is 0 Å². The average Bonchev–Trinajstić information content (AvgIpc) is 3.88. The van der Waals surface area contributed by atoms with Crippen molar-refractivity contribution in [3.63, 3.8) is 0 Å². The molecule has 0 bridgehead atoms. The van der Waals surface area contributed by atoms with Gasteiger partial charge in [-0.2, -0.15) is 0 Å². The molecule has 0 fully saturated rings. The van der Waals surface area contributed by atoms with Crippen molar-refractivity contribution < 1.29 is 8.83 Å². The lowest BCUT2D eigenvalue weighted by atomic mass is 9.85. The highest BCUT2D eigenvalue weighted by molar-refractivity contribution is 7.25. The SMILES string of the molecule is c1ccc2c(c1)oc1c3ccccc3c3oc4cc(-c5c6ccccc6c(-c6ccc7c(c6)sc6ccccc67)c6ccccc56)ccc4c3c21. The molecule has 0 saturated heterocycles. The van der Waals surface area contributed by atoms with Crippen molar-refractivity contribution in [2.75, 3.05) is 0 Å². The molecule has 12 aromatic rings. The van der Waals surface area contributed by atoms with E-state index in [1.807, 2.05) is 17.4 Å². The van der Waals surface area contributed by atoms with Crippen LogP contribution in [0.5, 0.6) is 0 Å². The summed E-state index contributed by atoms with van der Waals surface area (Å²) in [5.74, 6) is 0. The number of furan rings is 2. The van der Waals surface area contributed by atoms with Gasteiger partial charge in [-0.3, -0.25) is 0 Å². The van der Waals surface area contributed by atoms with E-state index in [0.717, 1.165) is 60.2 Å². The molecule has 12 rings (SSSR count). The molecule has 0 amide bonds. The molecule has 9 aromatic carbocycles. The number of rotatable bonds is 2. The summed E-state index contributed by atoms with van der Waals surface area (Å²) >= 11 is 1.87. The van der Waals surface area contributed by atoms with Gasteiger partial charge in [0.1, 0.15) is 22.3 Å². The number of thiophene rings is 1. The Labute approximate surface area is 295 Å². The van der Waals surface area contributed by atoms with Crippen molar-refractivity contribution in [3.8, 4) is 22.3 Å². The monoisotopic (exact) mass is 666 g/mol. The Kier molecular flexibility index (Phi) is 5.41. The highest BCUT2D eigenvalue weighted by Crippen LogP contribution is 2.48. The number of benzene rings is 9. The second-order valence-electron chi connectivity index (χ2n) is 13.5. The first kappa shape index (κ1) is 27.4. The van der Waals surface area contributed by atoms with E-state index in [1.165, 1.54) is 58.4 Å². The first-order valence-corrected chi connectivity index (χ1v) is 18.2. The zero-order valence-corrected chi connectivity index (χ0v) is 28.1. The zero-order chi connectivity index (χ0) is 33.2. The van der Waals surface area contributed by atoms with Crippen LogP contribution in [0.2, 0.25) is 0 Å². The third-order valence-electron chi connectivity index (χ3n) is 10.8. The van der Waals surface area contributed by atoms with Crippen LogP contribution in [0.1, 0.15) is 0 Å². The van der Waals surface area contributed by atoms with E-state index < -0.39 is 0 Å². The Morgan fingerprint density at radius 2 is 0.745 bits per heavy atom. The second kappa shape index (κ2) is 10.1. The van der Waals surface area contributed by atoms with Gasteiger partial charge in [0.2, 0.25) is 0 Å². The Hall–Kier alpha value is -6.42. The minimum Gasteiger partial charge on any atom is -0.455 e. The minimum atomic E-state index is 0.873. The molecule has 0 unspecified atom stereocenters. The van der Waals surface area contributed by atoms with E-state index in [9.17, 15) is 0 Å². The van der Waals surface area contributed by atoms with Crippen LogP contribution in [0.25, 0.3) is 119 Å². The van der Waals surface area contributed by atoms with Crippen molar-refractivity contribution in [2.24, 2.45) is 0 Å². The van der Waals surface area contributed by atoms with Gasteiger partial charge in [0.25, 0.3) is 0 Å². The van der Waals surface area contributed by atoms with E-state index in [-0.39, 0.29) is 0 Å². The lowest BCUT2D eigenvalue weighted by Gasteiger charge is -2.17. The number of fused-ring (bicyclic) bond motifs is 15. The molecular weight excluding hydrogens is 641 g/mol. The maximum atomic E-state index is 6.90. The van der Waals surface area contributed by atoms with E-state index in [1.54, 1.807) is 0 Å². The van der Waals surface area contributed by atoms with Gasteiger partial charge in [-0.05, 0) is 74.1 Å². The molecule has 3 heterocycles. The standard InChI is InChI=1S/C48H26O2S/c1-3-14-33-31(12-1)43(32-13-2-4-15-34(32)44(33)28-21-23-30-29-11-8-10-20-41(29)51-42(30)26-28)27-22-24-38-40(25-27)50-48-36-17-6-5-16-35(36)47-45(46(38)48)37-18-7-9-19-39(37)49-47/h1-26H. The molecule has 0 aliphatic carbocycles. The summed E-state index contributed by atoms with van der Waals surface area (Å²) < 4.78 is 16.1. The Balaban J connectivity index is 1.15. The van der Waals surface area contributed by atoms with E-state index in [0.29, 0.717) is 0 Å². The zero-order valence-electron chi connectivity index (χ0n) is 27.2. The summed E-state index contributed by atoms with van der Waals surface area (Å²) in [4.78, 5) is 0. The molecule has 0 spiro atoms. The molecule has 0 N–H and O–H groups in total. The van der Waals surface area contributed by atoms with Crippen LogP contribution in [0, 0.1) is 0 Å². The van der Waals surface area contributed by atoms with Crippen molar-refractivity contribution >= 4 is 108 Å². The third-order valence-corrected chi connectivity index (χ3v) is 12.0. The summed E-state index contributed by atoms with van der Waals surface area (Å²) in [5.41, 5.74) is 8.44. The van der Waals surface area contributed by atoms with Gasteiger partial charge in [0.15, 0.2) is 0 Å². The van der Waals surface area contributed by atoms with E-state index >= 15 is 0 Å². The Morgan fingerprint density at radius 3 is 1.37 bits per heavy atom. The maximum Gasteiger partial charge on any atom is 0.144 e. The minimum absolute atomic E-state index is 0.873. The number of para-hydroxylation sites is 1. The summed E-state index contributed by atoms with van der Waals surface area (Å²) in [6, 6.07) is 57.0. The summed E-state index contributed by atoms with van der Waals surface area (Å²) in [6.07, 6.45) is 0. The van der Waals surface area contributed by atoms with Gasteiger partial charge in [0.05, 0.1) is 0 Å². The predicted octanol–water partition coefficient (Wildman–Crippen LogP) is 14.6. The van der Waals surface area contributed by atoms with Crippen molar-refractivity contribution in [3.05, 3.63) is 158 Å². The van der Waals surface area contributed by atoms with Gasteiger partial charge < -0.3 is 8.83 Å². The van der Waals surface area contributed by atoms with Crippen LogP contribution < -0.4 is 0 Å². The summed E-state index contributed by atoms with van der Waals surface area (Å²) in [7, 11) is 0. The highest BCUT2D eigenvalue weighted by atomic mass is 32.1. The van der Waals surface area contributed by atoms with Crippen LogP contribution in [0.4, 0.5) is 0 Å². The molecule has 0 atom stereocenters. The molecule has 3 aromatic heterocycles. The van der Waals surface area contributed by atoms with Gasteiger partial charge >= 0.3 is 0 Å². The maximum absolute atomic E-state index is 6.90. The smallest absolute Gasteiger partial charge is 0.144 e. The molecule has 0 radical (unpaired) electrons. The molecule has 0 saturated carbocycles. The number of hydrogen-bond donors (Lipinski definition) is 0. The fourth-order valence-electron chi connectivity index (χ4n) is 8.68. The molecular formula is C48H26O2S. The Bertz CT molecular complexity index is 3370. The molecule has 3 heteroatoms. The second-order valence-corrected chi connectivity index (χ2v) is 14.6. The summed E-state index contributed by atoms with van der Waals surface area (Å²) in [6.45, 7) is 0. The van der Waals surface area contributed by atoms with Gasteiger partial charge in [0, 0.05) is 52.5 Å². The van der Waals surface area contributed by atoms with Gasteiger partial charge in [-0.1, -0.05) is 127 Å². The average molecular weight is 667 g/mol. The first-order chi connectivity index (χ1) is 25.3. The first-order valence-electron chi connectivity index (χ1n) is 17.3. The topological polar surface area (TPSA) is 26.3 Å². The van der Waals surface area contributed by atoms with E-state index in [2.05, 4.69) is 152 Å².